The van der Waals surface area contributed by atoms with Crippen LogP contribution in [0.5, 0.6) is 0 Å². The molecule has 0 radical (unpaired) electrons. The molecule has 7 rings (SSSR count). The molecule has 0 saturated heterocycles. The Labute approximate surface area is 309 Å². The quantitative estimate of drug-likeness (QED) is 0.150. The van der Waals surface area contributed by atoms with E-state index in [1.54, 1.807) is 0 Å². The molecule has 0 aliphatic heterocycles. The maximum absolute atomic E-state index is 8.77. The number of rotatable bonds is 6. The molecule has 0 heterocycles. The van der Waals surface area contributed by atoms with E-state index in [-0.39, 0.29) is 12.7 Å². The van der Waals surface area contributed by atoms with Crippen LogP contribution in [0.15, 0.2) is 102 Å². The summed E-state index contributed by atoms with van der Waals surface area (Å²) in [4.78, 5) is 0. The Kier molecular flexibility index (Phi) is 9.04. The van der Waals surface area contributed by atoms with Gasteiger partial charge in [-0.15, -0.1) is 0 Å². The number of aryl methyl sites for hydroxylation is 1. The normalized spacial score (nSPS) is 18.2. The zero-order valence-electron chi connectivity index (χ0n) is 31.4. The fraction of sp³-hybridized carbons (Fsp3) is 0.304. The van der Waals surface area contributed by atoms with Gasteiger partial charge in [-0.05, 0) is 0 Å². The summed E-state index contributed by atoms with van der Waals surface area (Å²) in [6.07, 6.45) is 4.95. The van der Waals surface area contributed by atoms with E-state index in [0.29, 0.717) is 5.92 Å². The maximum atomic E-state index is 8.77. The van der Waals surface area contributed by atoms with Crippen molar-refractivity contribution in [3.8, 4) is 22.3 Å². The van der Waals surface area contributed by atoms with E-state index in [1.807, 2.05) is 0 Å². The van der Waals surface area contributed by atoms with Gasteiger partial charge in [0.1, 0.15) is 0 Å². The van der Waals surface area contributed by atoms with E-state index in [2.05, 4.69) is 172 Å². The van der Waals surface area contributed by atoms with Crippen LogP contribution >= 0.6 is 17.0 Å². The van der Waals surface area contributed by atoms with Gasteiger partial charge in [-0.2, -0.15) is 0 Å². The molecule has 257 valence electrons. The van der Waals surface area contributed by atoms with Gasteiger partial charge in [0.15, 0.2) is 0 Å². The third-order valence-corrected chi connectivity index (χ3v) is 64.1. The fourth-order valence-corrected chi connectivity index (χ4v) is 41.4. The van der Waals surface area contributed by atoms with E-state index >= 15 is 0 Å². The molecule has 2 aliphatic rings. The molecule has 50 heavy (non-hydrogen) atoms. The Balaban J connectivity index is 1.46. The monoisotopic (exact) mass is 791 g/mol. The molecule has 2 aliphatic carbocycles. The molecule has 5 aromatic carbocycles. The summed E-state index contributed by atoms with van der Waals surface area (Å²) in [5.74, 6) is -1.35. The molecule has 5 aromatic rings. The van der Waals surface area contributed by atoms with Crippen LogP contribution in [0.1, 0.15) is 87.7 Å². The molecule has 0 nitrogen and oxygen atoms in total. The Morgan fingerprint density at radius 2 is 1.34 bits per heavy atom. The molecule has 0 amide bonds. The van der Waals surface area contributed by atoms with Gasteiger partial charge in [0.05, 0.1) is 0 Å². The summed E-state index contributed by atoms with van der Waals surface area (Å²) in [7, 11) is 17.5. The minimum absolute atomic E-state index is 0.0582. The van der Waals surface area contributed by atoms with Crippen molar-refractivity contribution in [2.24, 2.45) is 5.92 Å². The second-order valence-electron chi connectivity index (χ2n) is 16.8. The van der Waals surface area contributed by atoms with Crippen LogP contribution in [-0.4, -0.2) is 5.92 Å². The zero-order valence-corrected chi connectivity index (χ0v) is 36.5. The molecule has 2 unspecified atom stereocenters. The topological polar surface area (TPSA) is 0 Å². The van der Waals surface area contributed by atoms with Crippen LogP contribution in [0.25, 0.3) is 45.2 Å². The van der Waals surface area contributed by atoms with Gasteiger partial charge in [0.2, 0.25) is 0 Å². The summed E-state index contributed by atoms with van der Waals surface area (Å²) in [6.45, 7) is 23.3. The molecular weight excluding hydrogens is 743 g/mol. The minimum atomic E-state index is -4.92. The first-order chi connectivity index (χ1) is 23.5. The van der Waals surface area contributed by atoms with Gasteiger partial charge in [0.25, 0.3) is 0 Å². The standard InChI is InChI=1S/C22H19.C22H25.C2H7Si.2ClH.Zr/c1-14-11-20-16(3)15(2)13-22(21(20)12-14)19-10-6-8-17-7-4-5-9-18(17)19;1-15(2)18-13-17-7-6-8-20(21(17)14-18)16-9-11-19(12-10-16)22(3,4)5;1-3-2;;;/h4-13H,1-3H3;6-15H,1-5H3;3H,1-2H3;2*1H;/q;;;;;+2/p-2. The van der Waals surface area contributed by atoms with E-state index in [1.165, 1.54) is 83.1 Å². The van der Waals surface area contributed by atoms with Gasteiger partial charge in [0, 0.05) is 0 Å². The first kappa shape index (κ1) is 35.9. The fourth-order valence-electron chi connectivity index (χ4n) is 9.20. The van der Waals surface area contributed by atoms with Crippen molar-refractivity contribution in [3.05, 3.63) is 141 Å². The molecule has 0 N–H and O–H groups in total. The average Bonchev–Trinajstić information content (AvgIpc) is 3.66. The number of benzene rings is 5. The van der Waals surface area contributed by atoms with Crippen molar-refractivity contribution in [2.45, 2.75) is 81.2 Å². The summed E-state index contributed by atoms with van der Waals surface area (Å²) in [5, 5.41) is 2.55. The molecule has 0 spiro atoms. The van der Waals surface area contributed by atoms with Gasteiger partial charge in [-0.25, -0.2) is 0 Å². The predicted molar refractivity (Wildman–Crippen MR) is 222 cm³/mol. The van der Waals surface area contributed by atoms with Crippen molar-refractivity contribution < 1.29 is 15.6 Å². The zero-order chi connectivity index (χ0) is 35.9. The SMILES string of the molecule is CC1=Cc2c(-c3cccc4ccccc34)cc(C)c(C)c2[CH]1[Zr]([Cl])([Cl])([CH]1C(C(C)C)=Cc2c(-c3ccc(C(C)(C)C)cc3)cccc21)[SiH](C)C. The third-order valence-electron chi connectivity index (χ3n) is 12.2. The summed E-state index contributed by atoms with van der Waals surface area (Å²) in [6, 6.07) is 34.0. The van der Waals surface area contributed by atoms with Gasteiger partial charge in [-0.1, -0.05) is 0 Å². The van der Waals surface area contributed by atoms with Crippen LogP contribution in [-0.2, 0) is 21.0 Å². The molecule has 4 heteroatoms. The molecule has 2 atom stereocenters. The van der Waals surface area contributed by atoms with Crippen LogP contribution in [0.4, 0.5) is 0 Å². The van der Waals surface area contributed by atoms with Gasteiger partial charge in [-0.3, -0.25) is 0 Å². The van der Waals surface area contributed by atoms with Crippen molar-refractivity contribution in [1.82, 2.24) is 0 Å². The van der Waals surface area contributed by atoms with Crippen molar-refractivity contribution in [3.63, 3.8) is 0 Å². The molecule has 0 saturated carbocycles. The average molecular weight is 794 g/mol. The van der Waals surface area contributed by atoms with Crippen LogP contribution in [0, 0.1) is 19.8 Å². The van der Waals surface area contributed by atoms with E-state index in [4.69, 9.17) is 17.0 Å². The Morgan fingerprint density at radius 1 is 0.700 bits per heavy atom. The molecule has 0 fully saturated rings. The number of allylic oxidation sites excluding steroid dienone is 2. The first-order valence-corrected chi connectivity index (χ1v) is 34.7. The second-order valence-corrected chi connectivity index (χ2v) is 59.3. The van der Waals surface area contributed by atoms with Crippen LogP contribution < -0.4 is 0 Å². The Morgan fingerprint density at radius 3 is 2.00 bits per heavy atom. The number of fused-ring (bicyclic) bond motifs is 3. The summed E-state index contributed by atoms with van der Waals surface area (Å²) >= 11 is -4.92. The van der Waals surface area contributed by atoms with Crippen LogP contribution in [0.3, 0.4) is 0 Å². The summed E-state index contributed by atoms with van der Waals surface area (Å²) < 4.78 is 0.123. The third kappa shape index (κ3) is 5.46. The predicted octanol–water partition coefficient (Wildman–Crippen LogP) is 14.3. The van der Waals surface area contributed by atoms with Gasteiger partial charge >= 0.3 is 312 Å². The van der Waals surface area contributed by atoms with Crippen molar-refractivity contribution in [1.29, 1.82) is 0 Å². The number of hydrogen-bond acceptors (Lipinski definition) is 0. The van der Waals surface area contributed by atoms with Crippen molar-refractivity contribution in [2.75, 3.05) is 0 Å². The van der Waals surface area contributed by atoms with Gasteiger partial charge < -0.3 is 0 Å². The first-order valence-electron chi connectivity index (χ1n) is 18.4. The Bertz CT molecular complexity index is 2220. The number of halogens is 2. The number of hydrogen-bond donors (Lipinski definition) is 0. The molecule has 0 aromatic heterocycles. The van der Waals surface area contributed by atoms with E-state index in [0.717, 1.165) is 0 Å². The van der Waals surface area contributed by atoms with E-state index in [9.17, 15) is 0 Å². The van der Waals surface area contributed by atoms with Crippen molar-refractivity contribution >= 4 is 45.9 Å². The van der Waals surface area contributed by atoms with E-state index < -0.39 is 21.5 Å². The molecular formula is C46H51Cl2SiZr. The second kappa shape index (κ2) is 12.6. The Hall–Kier alpha value is -2.48. The molecule has 0 bridgehead atoms. The summed E-state index contributed by atoms with van der Waals surface area (Å²) in [5.41, 5.74) is 17.4. The van der Waals surface area contributed by atoms with Crippen LogP contribution in [0.2, 0.25) is 13.1 Å².